The third kappa shape index (κ3) is 2.62. The van der Waals surface area contributed by atoms with Crippen LogP contribution in [0, 0.1) is 5.92 Å². The average Bonchev–Trinajstić information content (AvgIpc) is 3.02. The third-order valence-corrected chi connectivity index (χ3v) is 5.03. The summed E-state index contributed by atoms with van der Waals surface area (Å²) >= 11 is 1.72. The van der Waals surface area contributed by atoms with Gasteiger partial charge in [0, 0.05) is 30.9 Å². The Morgan fingerprint density at radius 3 is 3.17 bits per heavy atom. The summed E-state index contributed by atoms with van der Waals surface area (Å²) in [7, 11) is 0. The first-order valence-electron chi connectivity index (χ1n) is 6.70. The molecule has 1 spiro atoms. The van der Waals surface area contributed by atoms with E-state index in [9.17, 15) is 5.11 Å². The van der Waals surface area contributed by atoms with E-state index >= 15 is 0 Å². The monoisotopic (exact) mass is 268 g/mol. The molecule has 2 aliphatic rings. The summed E-state index contributed by atoms with van der Waals surface area (Å²) in [6.07, 6.45) is 3.42. The van der Waals surface area contributed by atoms with Crippen molar-refractivity contribution in [2.45, 2.75) is 37.4 Å². The van der Waals surface area contributed by atoms with Crippen molar-refractivity contribution in [3.63, 3.8) is 0 Å². The molecule has 0 saturated carbocycles. The number of hydrogen-bond acceptors (Lipinski definition) is 4. The molecular formula is C14H20O3S. The summed E-state index contributed by atoms with van der Waals surface area (Å²) < 4.78 is 11.4. The van der Waals surface area contributed by atoms with Crippen LogP contribution in [0.5, 0.6) is 0 Å². The van der Waals surface area contributed by atoms with Gasteiger partial charge in [-0.05, 0) is 30.2 Å². The van der Waals surface area contributed by atoms with E-state index in [1.165, 1.54) is 4.88 Å². The van der Waals surface area contributed by atoms with Crippen molar-refractivity contribution in [3.05, 3.63) is 22.4 Å². The predicted molar refractivity (Wildman–Crippen MR) is 70.9 cm³/mol. The summed E-state index contributed by atoms with van der Waals surface area (Å²) in [4.78, 5) is 1.27. The minimum absolute atomic E-state index is 0.0979. The molecule has 100 valence electrons. The van der Waals surface area contributed by atoms with Gasteiger partial charge in [-0.2, -0.15) is 0 Å². The lowest BCUT2D eigenvalue weighted by molar-refractivity contribution is -0.116. The SMILES string of the molecule is OC(Cc1cccs1)C1CCOC2(CCOC2)C1. The van der Waals surface area contributed by atoms with Crippen molar-refractivity contribution < 1.29 is 14.6 Å². The van der Waals surface area contributed by atoms with Crippen LogP contribution in [0.2, 0.25) is 0 Å². The zero-order valence-electron chi connectivity index (χ0n) is 10.5. The van der Waals surface area contributed by atoms with E-state index in [1.54, 1.807) is 11.3 Å². The molecule has 0 aromatic carbocycles. The van der Waals surface area contributed by atoms with E-state index in [1.807, 2.05) is 6.07 Å². The molecule has 0 aliphatic carbocycles. The van der Waals surface area contributed by atoms with Gasteiger partial charge in [0.05, 0.1) is 18.3 Å². The number of aliphatic hydroxyl groups excluding tert-OH is 1. The number of thiophene rings is 1. The highest BCUT2D eigenvalue weighted by atomic mass is 32.1. The van der Waals surface area contributed by atoms with E-state index in [-0.39, 0.29) is 11.7 Å². The van der Waals surface area contributed by atoms with Crippen LogP contribution in [0.15, 0.2) is 17.5 Å². The van der Waals surface area contributed by atoms with Crippen molar-refractivity contribution in [2.75, 3.05) is 19.8 Å². The second-order valence-electron chi connectivity index (χ2n) is 5.44. The molecule has 2 saturated heterocycles. The van der Waals surface area contributed by atoms with Crippen molar-refractivity contribution in [2.24, 2.45) is 5.92 Å². The first-order valence-corrected chi connectivity index (χ1v) is 7.58. The molecule has 3 rings (SSSR count). The van der Waals surface area contributed by atoms with Crippen LogP contribution in [0.1, 0.15) is 24.1 Å². The Kier molecular flexibility index (Phi) is 3.71. The molecule has 18 heavy (non-hydrogen) atoms. The molecule has 3 nitrogen and oxygen atoms in total. The standard InChI is InChI=1S/C14H20O3S/c15-13(8-12-2-1-7-18-12)11-3-5-17-14(9-11)4-6-16-10-14/h1-2,7,11,13,15H,3-6,8-10H2. The van der Waals surface area contributed by atoms with Crippen LogP contribution < -0.4 is 0 Å². The van der Waals surface area contributed by atoms with Gasteiger partial charge >= 0.3 is 0 Å². The largest absolute Gasteiger partial charge is 0.392 e. The fourth-order valence-corrected chi connectivity index (χ4v) is 3.81. The molecule has 0 bridgehead atoms. The number of aliphatic hydroxyl groups is 1. The van der Waals surface area contributed by atoms with Gasteiger partial charge in [-0.15, -0.1) is 11.3 Å². The van der Waals surface area contributed by atoms with Crippen LogP contribution in [0.4, 0.5) is 0 Å². The van der Waals surface area contributed by atoms with E-state index < -0.39 is 0 Å². The van der Waals surface area contributed by atoms with E-state index in [4.69, 9.17) is 9.47 Å². The minimum Gasteiger partial charge on any atom is -0.392 e. The van der Waals surface area contributed by atoms with Crippen molar-refractivity contribution in [1.29, 1.82) is 0 Å². The Balaban J connectivity index is 1.61. The van der Waals surface area contributed by atoms with Gasteiger partial charge in [0.25, 0.3) is 0 Å². The molecule has 0 amide bonds. The Bertz CT molecular complexity index is 370. The van der Waals surface area contributed by atoms with Gasteiger partial charge in [0.1, 0.15) is 0 Å². The molecule has 1 aromatic heterocycles. The molecule has 2 fully saturated rings. The first kappa shape index (κ1) is 12.6. The third-order valence-electron chi connectivity index (χ3n) is 4.13. The number of hydrogen-bond donors (Lipinski definition) is 1. The zero-order valence-corrected chi connectivity index (χ0v) is 11.3. The smallest absolute Gasteiger partial charge is 0.0940 e. The molecule has 0 radical (unpaired) electrons. The van der Waals surface area contributed by atoms with E-state index in [2.05, 4.69) is 11.4 Å². The van der Waals surface area contributed by atoms with Crippen LogP contribution >= 0.6 is 11.3 Å². The van der Waals surface area contributed by atoms with Crippen molar-refractivity contribution >= 4 is 11.3 Å². The summed E-state index contributed by atoms with van der Waals surface area (Å²) in [5.74, 6) is 0.350. The van der Waals surface area contributed by atoms with Crippen LogP contribution in [-0.4, -0.2) is 36.6 Å². The summed E-state index contributed by atoms with van der Waals surface area (Å²) in [6, 6.07) is 4.14. The quantitative estimate of drug-likeness (QED) is 0.913. The molecule has 3 heterocycles. The van der Waals surface area contributed by atoms with Gasteiger partial charge in [-0.1, -0.05) is 6.07 Å². The first-order chi connectivity index (χ1) is 8.77. The molecule has 2 aliphatic heterocycles. The number of rotatable bonds is 3. The maximum Gasteiger partial charge on any atom is 0.0940 e. The maximum atomic E-state index is 10.4. The second kappa shape index (κ2) is 5.29. The highest BCUT2D eigenvalue weighted by molar-refractivity contribution is 7.09. The Hall–Kier alpha value is -0.420. The topological polar surface area (TPSA) is 38.7 Å². The Labute approximate surface area is 112 Å². The molecule has 3 atom stereocenters. The Morgan fingerprint density at radius 1 is 1.50 bits per heavy atom. The summed E-state index contributed by atoms with van der Waals surface area (Å²) in [5.41, 5.74) is -0.0979. The lowest BCUT2D eigenvalue weighted by Crippen LogP contribution is -2.43. The molecule has 1 aromatic rings. The second-order valence-corrected chi connectivity index (χ2v) is 6.47. The van der Waals surface area contributed by atoms with Crippen LogP contribution in [0.3, 0.4) is 0 Å². The van der Waals surface area contributed by atoms with Gasteiger partial charge in [-0.3, -0.25) is 0 Å². The predicted octanol–water partition coefficient (Wildman–Crippen LogP) is 2.24. The zero-order chi connectivity index (χ0) is 12.4. The van der Waals surface area contributed by atoms with Gasteiger partial charge in [0.2, 0.25) is 0 Å². The highest BCUT2D eigenvalue weighted by Crippen LogP contribution is 2.37. The van der Waals surface area contributed by atoms with Gasteiger partial charge in [0.15, 0.2) is 0 Å². The fraction of sp³-hybridized carbons (Fsp3) is 0.714. The lowest BCUT2D eigenvalue weighted by Gasteiger charge is -2.38. The molecule has 4 heteroatoms. The molecule has 1 N–H and O–H groups in total. The fourth-order valence-electron chi connectivity index (χ4n) is 3.06. The summed E-state index contributed by atoms with van der Waals surface area (Å²) in [6.45, 7) is 2.26. The van der Waals surface area contributed by atoms with Crippen molar-refractivity contribution in [3.8, 4) is 0 Å². The lowest BCUT2D eigenvalue weighted by atomic mass is 9.81. The van der Waals surface area contributed by atoms with E-state index in [0.29, 0.717) is 12.5 Å². The van der Waals surface area contributed by atoms with Crippen molar-refractivity contribution in [1.82, 2.24) is 0 Å². The maximum absolute atomic E-state index is 10.4. The van der Waals surface area contributed by atoms with Gasteiger partial charge in [-0.25, -0.2) is 0 Å². The van der Waals surface area contributed by atoms with Crippen LogP contribution in [-0.2, 0) is 15.9 Å². The van der Waals surface area contributed by atoms with E-state index in [0.717, 1.165) is 38.9 Å². The summed E-state index contributed by atoms with van der Waals surface area (Å²) in [5, 5.41) is 12.5. The molecular weight excluding hydrogens is 248 g/mol. The highest BCUT2D eigenvalue weighted by Gasteiger charge is 2.42. The Morgan fingerprint density at radius 2 is 2.44 bits per heavy atom. The average molecular weight is 268 g/mol. The van der Waals surface area contributed by atoms with Gasteiger partial charge < -0.3 is 14.6 Å². The normalized spacial score (nSPS) is 33.9. The van der Waals surface area contributed by atoms with Crippen LogP contribution in [0.25, 0.3) is 0 Å². The molecule has 3 unspecified atom stereocenters. The number of ether oxygens (including phenoxy) is 2. The minimum atomic E-state index is -0.245.